The van der Waals surface area contributed by atoms with Gasteiger partial charge in [0.05, 0.1) is 0 Å². The Morgan fingerprint density at radius 3 is 2.43 bits per heavy atom. The molecule has 0 saturated carbocycles. The summed E-state index contributed by atoms with van der Waals surface area (Å²) in [7, 11) is 0. The first-order valence-electron chi connectivity index (χ1n) is 4.46. The molecule has 0 aliphatic rings. The van der Waals surface area contributed by atoms with Crippen LogP contribution in [0.1, 0.15) is 5.56 Å². The Kier molecular flexibility index (Phi) is 2.94. The van der Waals surface area contributed by atoms with Crippen molar-refractivity contribution in [3.05, 3.63) is 54.4 Å². The molecule has 0 radical (unpaired) electrons. The third-order valence-electron chi connectivity index (χ3n) is 2.15. The van der Waals surface area contributed by atoms with Crippen LogP contribution in [0.15, 0.2) is 48.8 Å². The van der Waals surface area contributed by atoms with Gasteiger partial charge < -0.3 is 0 Å². The molecule has 1 aromatic carbocycles. The van der Waals surface area contributed by atoms with Gasteiger partial charge in [0.25, 0.3) is 0 Å². The molecule has 1 heterocycles. The number of hydrogen-bond acceptors (Lipinski definition) is 1. The molecule has 70 valence electrons. The average molecular weight is 248 g/mol. The molecule has 0 spiro atoms. The second-order valence-electron chi connectivity index (χ2n) is 3.03. The van der Waals surface area contributed by atoms with Crippen molar-refractivity contribution in [2.75, 3.05) is 0 Å². The lowest BCUT2D eigenvalue weighted by molar-refractivity contribution is 1.32. The highest BCUT2D eigenvalue weighted by Crippen LogP contribution is 2.24. The van der Waals surface area contributed by atoms with Crippen LogP contribution in [0.2, 0.25) is 0 Å². The second kappa shape index (κ2) is 4.38. The van der Waals surface area contributed by atoms with Crippen molar-refractivity contribution in [1.82, 2.24) is 4.98 Å². The van der Waals surface area contributed by atoms with Crippen molar-refractivity contribution >= 4 is 15.9 Å². The summed E-state index contributed by atoms with van der Waals surface area (Å²) in [5.74, 6) is 0. The minimum absolute atomic E-state index is 0.880. The average Bonchev–Trinajstić information content (AvgIpc) is 2.30. The number of alkyl halides is 1. The van der Waals surface area contributed by atoms with Gasteiger partial charge in [0.1, 0.15) is 0 Å². The minimum atomic E-state index is 0.880. The summed E-state index contributed by atoms with van der Waals surface area (Å²) in [5.41, 5.74) is 3.79. The topological polar surface area (TPSA) is 12.9 Å². The number of hydrogen-bond donors (Lipinski definition) is 0. The molecule has 2 rings (SSSR count). The molecule has 0 aliphatic carbocycles. The normalized spacial score (nSPS) is 10.1. The van der Waals surface area contributed by atoms with Crippen molar-refractivity contribution in [2.45, 2.75) is 5.33 Å². The first kappa shape index (κ1) is 9.41. The molecule has 0 fully saturated rings. The van der Waals surface area contributed by atoms with Crippen molar-refractivity contribution < 1.29 is 0 Å². The Morgan fingerprint density at radius 2 is 1.71 bits per heavy atom. The molecule has 0 atom stereocenters. The van der Waals surface area contributed by atoms with E-state index < -0.39 is 0 Å². The Hall–Kier alpha value is -1.15. The molecule has 14 heavy (non-hydrogen) atoms. The zero-order valence-electron chi connectivity index (χ0n) is 7.65. The highest BCUT2D eigenvalue weighted by atomic mass is 79.9. The smallest absolute Gasteiger partial charge is 0.0289 e. The van der Waals surface area contributed by atoms with Crippen LogP contribution in [0, 0.1) is 0 Å². The van der Waals surface area contributed by atoms with Crippen molar-refractivity contribution in [1.29, 1.82) is 0 Å². The first-order chi connectivity index (χ1) is 6.92. The molecule has 0 bridgehead atoms. The van der Waals surface area contributed by atoms with Gasteiger partial charge in [-0.2, -0.15) is 0 Å². The van der Waals surface area contributed by atoms with Gasteiger partial charge in [0, 0.05) is 17.7 Å². The summed E-state index contributed by atoms with van der Waals surface area (Å²) in [5, 5.41) is 0.880. The molecule has 0 amide bonds. The molecular formula is C12H10BrN. The Bertz CT molecular complexity index is 412. The summed E-state index contributed by atoms with van der Waals surface area (Å²) in [4.78, 5) is 4.01. The molecule has 2 aromatic rings. The molecule has 0 unspecified atom stereocenters. The fraction of sp³-hybridized carbons (Fsp3) is 0.0833. The maximum absolute atomic E-state index is 4.01. The number of benzene rings is 1. The predicted octanol–water partition coefficient (Wildman–Crippen LogP) is 3.64. The maximum Gasteiger partial charge on any atom is 0.0289 e. The largest absolute Gasteiger partial charge is 0.265 e. The summed E-state index contributed by atoms with van der Waals surface area (Å²) < 4.78 is 0. The Labute approximate surface area is 91.9 Å². The number of rotatable bonds is 2. The Morgan fingerprint density at radius 1 is 1.00 bits per heavy atom. The summed E-state index contributed by atoms with van der Waals surface area (Å²) in [6.45, 7) is 0. The van der Waals surface area contributed by atoms with E-state index in [2.05, 4.69) is 45.2 Å². The Balaban J connectivity index is 2.51. The summed E-state index contributed by atoms with van der Waals surface area (Å²) >= 11 is 3.49. The lowest BCUT2D eigenvalue weighted by atomic mass is 10.0. The fourth-order valence-electron chi connectivity index (χ4n) is 1.45. The summed E-state index contributed by atoms with van der Waals surface area (Å²) in [6, 6.07) is 12.4. The SMILES string of the molecule is BrCc1ccccc1-c1ccncc1. The lowest BCUT2D eigenvalue weighted by Gasteiger charge is -2.05. The van der Waals surface area contributed by atoms with Crippen LogP contribution < -0.4 is 0 Å². The van der Waals surface area contributed by atoms with E-state index in [0.717, 1.165) is 5.33 Å². The predicted molar refractivity (Wildman–Crippen MR) is 62.3 cm³/mol. The molecule has 2 heteroatoms. The van der Waals surface area contributed by atoms with Crippen molar-refractivity contribution in [3.63, 3.8) is 0 Å². The lowest BCUT2D eigenvalue weighted by Crippen LogP contribution is -1.85. The van der Waals surface area contributed by atoms with Crippen LogP contribution >= 0.6 is 15.9 Å². The number of pyridine rings is 1. The van der Waals surface area contributed by atoms with Gasteiger partial charge in [-0.1, -0.05) is 40.2 Å². The molecule has 0 N–H and O–H groups in total. The highest BCUT2D eigenvalue weighted by molar-refractivity contribution is 9.08. The van der Waals surface area contributed by atoms with Gasteiger partial charge in [0.2, 0.25) is 0 Å². The fourth-order valence-corrected chi connectivity index (χ4v) is 1.94. The van der Waals surface area contributed by atoms with E-state index in [1.54, 1.807) is 0 Å². The summed E-state index contributed by atoms with van der Waals surface area (Å²) in [6.07, 6.45) is 3.64. The minimum Gasteiger partial charge on any atom is -0.265 e. The van der Waals surface area contributed by atoms with Crippen LogP contribution in [-0.4, -0.2) is 4.98 Å². The number of halogens is 1. The van der Waals surface area contributed by atoms with Gasteiger partial charge >= 0.3 is 0 Å². The van der Waals surface area contributed by atoms with E-state index in [9.17, 15) is 0 Å². The number of nitrogens with zero attached hydrogens (tertiary/aromatic N) is 1. The molecular weight excluding hydrogens is 238 g/mol. The standard InChI is InChI=1S/C12H10BrN/c13-9-11-3-1-2-4-12(11)10-5-7-14-8-6-10/h1-8H,9H2. The zero-order valence-corrected chi connectivity index (χ0v) is 9.24. The third kappa shape index (κ3) is 1.85. The highest BCUT2D eigenvalue weighted by Gasteiger charge is 2.01. The van der Waals surface area contributed by atoms with E-state index in [1.165, 1.54) is 16.7 Å². The van der Waals surface area contributed by atoms with Gasteiger partial charge in [-0.15, -0.1) is 0 Å². The molecule has 1 nitrogen and oxygen atoms in total. The number of aromatic nitrogens is 1. The molecule has 0 saturated heterocycles. The van der Waals surface area contributed by atoms with Gasteiger partial charge in [-0.3, -0.25) is 4.98 Å². The van der Waals surface area contributed by atoms with Crippen LogP contribution in [0.25, 0.3) is 11.1 Å². The molecule has 1 aromatic heterocycles. The van der Waals surface area contributed by atoms with E-state index in [1.807, 2.05) is 24.5 Å². The van der Waals surface area contributed by atoms with Crippen molar-refractivity contribution in [3.8, 4) is 11.1 Å². The monoisotopic (exact) mass is 247 g/mol. The van der Waals surface area contributed by atoms with Crippen LogP contribution in [0.4, 0.5) is 0 Å². The van der Waals surface area contributed by atoms with E-state index >= 15 is 0 Å². The van der Waals surface area contributed by atoms with Gasteiger partial charge in [0.15, 0.2) is 0 Å². The third-order valence-corrected chi connectivity index (χ3v) is 2.76. The van der Waals surface area contributed by atoms with Gasteiger partial charge in [-0.25, -0.2) is 0 Å². The van der Waals surface area contributed by atoms with Crippen molar-refractivity contribution in [2.24, 2.45) is 0 Å². The van der Waals surface area contributed by atoms with Gasteiger partial charge in [-0.05, 0) is 28.8 Å². The zero-order chi connectivity index (χ0) is 9.80. The maximum atomic E-state index is 4.01. The quantitative estimate of drug-likeness (QED) is 0.739. The van der Waals surface area contributed by atoms with E-state index in [-0.39, 0.29) is 0 Å². The second-order valence-corrected chi connectivity index (χ2v) is 3.59. The molecule has 0 aliphatic heterocycles. The van der Waals surface area contributed by atoms with Crippen LogP contribution in [0.5, 0.6) is 0 Å². The van der Waals surface area contributed by atoms with E-state index in [0.29, 0.717) is 0 Å². The first-order valence-corrected chi connectivity index (χ1v) is 5.58. The van der Waals surface area contributed by atoms with Crippen LogP contribution in [0.3, 0.4) is 0 Å². The van der Waals surface area contributed by atoms with Crippen LogP contribution in [-0.2, 0) is 5.33 Å². The van der Waals surface area contributed by atoms with E-state index in [4.69, 9.17) is 0 Å².